The first-order valence-electron chi connectivity index (χ1n) is 12.2. The Morgan fingerprint density at radius 2 is 1.67 bits per heavy atom. The summed E-state index contributed by atoms with van der Waals surface area (Å²) in [4.78, 5) is 41.8. The number of carbonyl (C=O) groups is 1. The lowest BCUT2D eigenvalue weighted by Crippen LogP contribution is -2.76. The van der Waals surface area contributed by atoms with Crippen LogP contribution in [-0.2, 0) is 27.5 Å². The highest BCUT2D eigenvalue weighted by molar-refractivity contribution is 7.60. The van der Waals surface area contributed by atoms with Gasteiger partial charge >= 0.3 is 15.6 Å². The van der Waals surface area contributed by atoms with Crippen molar-refractivity contribution >= 4 is 21.6 Å². The van der Waals surface area contributed by atoms with Gasteiger partial charge in [-0.3, -0.25) is 20.0 Å². The summed E-state index contributed by atoms with van der Waals surface area (Å²) in [5.74, 6) is -0.140. The second-order valence-electron chi connectivity index (χ2n) is 9.76. The molecule has 17 heteroatoms. The van der Waals surface area contributed by atoms with E-state index in [-0.39, 0.29) is 25.2 Å². The molecule has 3 unspecified atom stereocenters. The minimum Gasteiger partial charge on any atom is -0.387 e. The quantitative estimate of drug-likeness (QED) is 0.176. The van der Waals surface area contributed by atoms with E-state index in [0.29, 0.717) is 0 Å². The molecule has 1 aliphatic carbocycles. The second-order valence-corrected chi connectivity index (χ2v) is 12.6. The Morgan fingerprint density at radius 3 is 2.31 bits per heavy atom. The Morgan fingerprint density at radius 1 is 1.03 bits per heavy atom. The van der Waals surface area contributed by atoms with E-state index in [1.165, 1.54) is 0 Å². The molecule has 0 aromatic heterocycles. The molecule has 208 valence electrons. The smallest absolute Gasteiger partial charge is 0.387 e. The second kappa shape index (κ2) is 11.3. The average molecular weight is 558 g/mol. The van der Waals surface area contributed by atoms with E-state index >= 15 is 0 Å². The number of hydrogen-bond acceptors (Lipinski definition) is 11. The topological polar surface area (TPSA) is 219 Å². The molecule has 1 amide bonds. The van der Waals surface area contributed by atoms with Crippen LogP contribution in [0.5, 0.6) is 0 Å². The van der Waals surface area contributed by atoms with E-state index in [2.05, 4.69) is 24.8 Å². The van der Waals surface area contributed by atoms with Crippen molar-refractivity contribution in [3.05, 3.63) is 0 Å². The monoisotopic (exact) mass is 558 g/mol. The van der Waals surface area contributed by atoms with Crippen LogP contribution in [-0.4, -0.2) is 91.9 Å². The highest BCUT2D eigenvalue weighted by Crippen LogP contribution is 2.57. The number of nitrogens with zero attached hydrogens (tertiary/aromatic N) is 1. The third-order valence-electron chi connectivity index (χ3n) is 7.51. The lowest BCUT2D eigenvalue weighted by atomic mass is 9.78. The number of phosphoric ester groups is 1. The van der Waals surface area contributed by atoms with E-state index < -0.39 is 58.5 Å². The first-order chi connectivity index (χ1) is 16.9. The third kappa shape index (κ3) is 6.04. The molecular formula is C19H36N4O11P2. The minimum atomic E-state index is -5.32. The van der Waals surface area contributed by atoms with Crippen molar-refractivity contribution in [1.29, 1.82) is 0 Å². The lowest BCUT2D eigenvalue weighted by Gasteiger charge is -2.51. The predicted octanol–water partition coefficient (Wildman–Crippen LogP) is -0.985. The number of carbonyl (C=O) groups excluding carboxylic acids is 1. The summed E-state index contributed by atoms with van der Waals surface area (Å²) in [6.07, 6.45) is 2.82. The van der Waals surface area contributed by atoms with Crippen LogP contribution >= 0.6 is 15.6 Å². The largest absolute Gasteiger partial charge is 0.481 e. The number of ether oxygens (including phenoxy) is 1. The zero-order chi connectivity index (χ0) is 26.1. The van der Waals surface area contributed by atoms with Gasteiger partial charge in [-0.1, -0.05) is 38.5 Å². The fourth-order valence-electron chi connectivity index (χ4n) is 5.95. The average Bonchev–Trinajstić information content (AvgIpc) is 3.34. The number of phosphoric acid groups is 2. The van der Waals surface area contributed by atoms with Gasteiger partial charge in [-0.2, -0.15) is 4.31 Å². The summed E-state index contributed by atoms with van der Waals surface area (Å²) >= 11 is 0. The molecule has 3 heterocycles. The van der Waals surface area contributed by atoms with Crippen molar-refractivity contribution in [2.45, 2.75) is 87.6 Å². The highest BCUT2D eigenvalue weighted by atomic mass is 31.3. The molecule has 36 heavy (non-hydrogen) atoms. The van der Waals surface area contributed by atoms with Crippen molar-refractivity contribution in [1.82, 2.24) is 20.9 Å². The minimum absolute atomic E-state index is 0.0409. The molecule has 7 atom stereocenters. The molecule has 15 nitrogen and oxygen atoms in total. The van der Waals surface area contributed by atoms with E-state index in [1.807, 2.05) is 0 Å². The van der Waals surface area contributed by atoms with Gasteiger partial charge in [0.25, 0.3) is 0 Å². The van der Waals surface area contributed by atoms with Crippen molar-refractivity contribution in [3.63, 3.8) is 0 Å². The van der Waals surface area contributed by atoms with Crippen LogP contribution in [0, 0.1) is 5.92 Å². The summed E-state index contributed by atoms with van der Waals surface area (Å²) in [5.41, 5.74) is -0.899. The highest BCUT2D eigenvalue weighted by Gasteiger charge is 2.62. The number of fused-ring (bicyclic) bond motifs is 1. The van der Waals surface area contributed by atoms with Gasteiger partial charge in [0.05, 0.1) is 19.9 Å². The molecule has 0 aromatic carbocycles. The van der Waals surface area contributed by atoms with Gasteiger partial charge in [-0.05, 0) is 18.8 Å². The fraction of sp³-hybridized carbons (Fsp3) is 0.947. The number of aliphatic hydroxyl groups excluding tert-OH is 2. The Labute approximate surface area is 208 Å². The first-order valence-corrected chi connectivity index (χ1v) is 15.3. The van der Waals surface area contributed by atoms with Crippen molar-refractivity contribution < 1.29 is 52.4 Å². The molecular weight excluding hydrogens is 522 g/mol. The molecule has 0 spiro atoms. The maximum Gasteiger partial charge on any atom is 0.481 e. The van der Waals surface area contributed by atoms with Gasteiger partial charge < -0.3 is 34.9 Å². The maximum atomic E-state index is 12.9. The number of amides is 1. The number of nitrogens with one attached hydrogen (secondary N) is 3. The molecule has 0 bridgehead atoms. The molecule has 0 radical (unpaired) electrons. The summed E-state index contributed by atoms with van der Waals surface area (Å²) in [6, 6.07) is -0.630. The van der Waals surface area contributed by atoms with Gasteiger partial charge in [0, 0.05) is 0 Å². The molecule has 4 fully saturated rings. The van der Waals surface area contributed by atoms with Crippen LogP contribution in [0.3, 0.4) is 0 Å². The van der Waals surface area contributed by atoms with Gasteiger partial charge in [-0.25, -0.2) is 14.0 Å². The van der Waals surface area contributed by atoms with Crippen molar-refractivity contribution in [2.75, 3.05) is 19.9 Å². The maximum absolute atomic E-state index is 12.9. The van der Waals surface area contributed by atoms with Crippen molar-refractivity contribution in [3.8, 4) is 0 Å². The summed E-state index contributed by atoms with van der Waals surface area (Å²) < 4.78 is 37.0. The van der Waals surface area contributed by atoms with E-state index in [0.717, 1.165) is 51.4 Å². The summed E-state index contributed by atoms with van der Waals surface area (Å²) in [5, 5.41) is 31.0. The normalized spacial score (nSPS) is 39.0. The van der Waals surface area contributed by atoms with Crippen LogP contribution < -0.4 is 16.0 Å². The van der Waals surface area contributed by atoms with Crippen LogP contribution in [0.4, 0.5) is 0 Å². The van der Waals surface area contributed by atoms with Gasteiger partial charge in [0.15, 0.2) is 0 Å². The zero-order valence-corrected chi connectivity index (χ0v) is 21.6. The number of hydrogen-bond donors (Lipinski definition) is 8. The Balaban J connectivity index is 1.54. The molecule has 4 aliphatic rings. The molecule has 0 aromatic rings. The predicted molar refractivity (Wildman–Crippen MR) is 123 cm³/mol. The Bertz CT molecular complexity index is 883. The van der Waals surface area contributed by atoms with E-state index in [1.54, 1.807) is 4.90 Å². The van der Waals surface area contributed by atoms with Crippen LogP contribution in [0.1, 0.15) is 51.4 Å². The lowest BCUT2D eigenvalue weighted by molar-refractivity contribution is -0.160. The van der Waals surface area contributed by atoms with Gasteiger partial charge in [-0.15, -0.1) is 0 Å². The summed E-state index contributed by atoms with van der Waals surface area (Å²) in [7, 11) is -10.5. The van der Waals surface area contributed by atoms with E-state index in [9.17, 15) is 29.0 Å². The molecule has 8 N–H and O–H groups in total. The number of aliphatic hydroxyl groups is 2. The first kappa shape index (κ1) is 28.5. The SMILES string of the molecule is O=C1NCNC2(C3CCCCCCCC3)C1NCN2[C@@H]1O[C@H](COP(=O)(O)OP(=O)(O)O)[C@@H](O)[C@H]1O. The van der Waals surface area contributed by atoms with Crippen LogP contribution in [0.25, 0.3) is 0 Å². The van der Waals surface area contributed by atoms with E-state index in [4.69, 9.17) is 14.5 Å². The van der Waals surface area contributed by atoms with Crippen LogP contribution in [0.2, 0.25) is 0 Å². The van der Waals surface area contributed by atoms with Gasteiger partial charge in [0.1, 0.15) is 36.2 Å². The van der Waals surface area contributed by atoms with Crippen LogP contribution in [0.15, 0.2) is 0 Å². The third-order valence-corrected chi connectivity index (χ3v) is 9.66. The standard InChI is InChI=1S/C19H36N4O11P2/c24-14-13(9-32-36(30,31)34-35(27,28)29)33-18(15(14)25)23-11-21-16-17(26)20-10-22-19(16,23)12-7-5-3-1-2-4-6-8-12/h12-16,18,21-22,24-25H,1-11H2,(H,20,26)(H,30,31)(H2,27,28,29)/t13-,14-,15-,16?,18-,19?/m1/s1. The molecule has 1 saturated carbocycles. The molecule has 3 aliphatic heterocycles. The fourth-order valence-corrected chi connectivity index (χ4v) is 7.55. The molecule has 4 rings (SSSR count). The molecule has 3 saturated heterocycles. The van der Waals surface area contributed by atoms with Crippen molar-refractivity contribution in [2.24, 2.45) is 5.92 Å². The van der Waals surface area contributed by atoms with Gasteiger partial charge in [0.2, 0.25) is 5.91 Å². The Hall–Kier alpha value is -0.510. The Kier molecular flexibility index (Phi) is 8.95. The number of rotatable bonds is 7. The summed E-state index contributed by atoms with van der Waals surface area (Å²) in [6.45, 7) is -0.393. The zero-order valence-electron chi connectivity index (χ0n) is 19.8.